The molecule has 14 heteroatoms. The second kappa shape index (κ2) is 6.55. The zero-order valence-electron chi connectivity index (χ0n) is 11.5. The average Bonchev–Trinajstić information content (AvgIpc) is 2.42. The molecule has 0 N–H and O–H groups in total. The Morgan fingerprint density at radius 2 is 1.25 bits per heavy atom. The number of methoxy groups -OCH3 is 1. The van der Waals surface area contributed by atoms with Gasteiger partial charge in [-0.3, -0.25) is 0 Å². The van der Waals surface area contributed by atoms with Crippen molar-refractivity contribution in [1.29, 1.82) is 0 Å². The minimum absolute atomic E-state index is 0.192. The molecule has 136 valence electrons. The van der Waals surface area contributed by atoms with Crippen LogP contribution in [0.3, 0.4) is 0 Å². The van der Waals surface area contributed by atoms with Gasteiger partial charge in [-0.15, -0.1) is 0 Å². The lowest BCUT2D eigenvalue weighted by Gasteiger charge is -2.20. The van der Waals surface area contributed by atoms with Crippen molar-refractivity contribution in [3.05, 3.63) is 24.3 Å². The van der Waals surface area contributed by atoms with E-state index in [9.17, 15) is 43.2 Å². The van der Waals surface area contributed by atoms with Crippen LogP contribution in [0.15, 0.2) is 24.3 Å². The highest BCUT2D eigenvalue weighted by Crippen LogP contribution is 2.35. The average molecular weight is 414 g/mol. The molecular formula is C10H8F6O5S2Si. The lowest BCUT2D eigenvalue weighted by molar-refractivity contribution is -0.0462. The molecule has 0 spiro atoms. The maximum atomic E-state index is 12.6. The fourth-order valence-corrected chi connectivity index (χ4v) is 7.35. The number of hydrogen-bond acceptors (Lipinski definition) is 5. The predicted molar refractivity (Wildman–Crippen MR) is 72.1 cm³/mol. The van der Waals surface area contributed by atoms with Gasteiger partial charge in [-0.25, -0.2) is 16.8 Å². The molecule has 1 aromatic carbocycles. The van der Waals surface area contributed by atoms with E-state index < -0.39 is 44.4 Å². The van der Waals surface area contributed by atoms with E-state index in [2.05, 4.69) is 0 Å². The van der Waals surface area contributed by atoms with Gasteiger partial charge in [0.2, 0.25) is 0 Å². The molecule has 1 aromatic rings. The van der Waals surface area contributed by atoms with Crippen LogP contribution in [0.1, 0.15) is 0 Å². The topological polar surface area (TPSA) is 77.5 Å². The van der Waals surface area contributed by atoms with Crippen LogP contribution < -0.4 is 9.92 Å². The molecule has 0 aliphatic rings. The Morgan fingerprint density at radius 1 is 0.875 bits per heavy atom. The van der Waals surface area contributed by atoms with Crippen LogP contribution in [0.2, 0.25) is 0 Å². The van der Waals surface area contributed by atoms with Crippen LogP contribution in [-0.2, 0) is 19.7 Å². The molecule has 5 nitrogen and oxygen atoms in total. The number of rotatable bonds is 5. The van der Waals surface area contributed by atoms with Gasteiger partial charge in [-0.2, -0.15) is 26.3 Å². The van der Waals surface area contributed by atoms with Crippen LogP contribution in [0.5, 0.6) is 5.75 Å². The smallest absolute Gasteiger partial charge is 0.497 e. The number of benzene rings is 1. The fourth-order valence-electron chi connectivity index (χ4n) is 1.39. The van der Waals surface area contributed by atoms with Crippen LogP contribution in [0.4, 0.5) is 26.3 Å². The minimum atomic E-state index is -6.62. The molecule has 1 rings (SSSR count). The van der Waals surface area contributed by atoms with Crippen molar-refractivity contribution in [2.45, 2.75) is 15.2 Å². The summed E-state index contributed by atoms with van der Waals surface area (Å²) in [6.07, 6.45) is 0. The number of halogens is 6. The third-order valence-corrected chi connectivity index (χ3v) is 9.99. The second-order valence-corrected chi connectivity index (χ2v) is 10.8. The number of alkyl halides is 6. The van der Waals surface area contributed by atoms with Gasteiger partial charge in [0.15, 0.2) is 4.21 Å². The lowest BCUT2D eigenvalue weighted by atomic mass is 10.3. The highest BCUT2D eigenvalue weighted by Gasteiger charge is 2.62. The Hall–Kier alpha value is -1.28. The summed E-state index contributed by atoms with van der Waals surface area (Å²) in [5, 5.41) is -0.332. The van der Waals surface area contributed by atoms with Gasteiger partial charge in [-0.1, -0.05) is 17.3 Å². The van der Waals surface area contributed by atoms with Gasteiger partial charge in [0.25, 0.3) is 19.7 Å². The van der Waals surface area contributed by atoms with E-state index >= 15 is 0 Å². The maximum absolute atomic E-state index is 12.6. The lowest BCUT2D eigenvalue weighted by Crippen LogP contribution is -2.50. The molecule has 0 atom stereocenters. The molecule has 24 heavy (non-hydrogen) atoms. The zero-order valence-corrected chi connectivity index (χ0v) is 14.1. The summed E-state index contributed by atoms with van der Waals surface area (Å²) in [6, 6.07) is 4.23. The Balaban J connectivity index is 3.45. The first kappa shape index (κ1) is 20.8. The van der Waals surface area contributed by atoms with Crippen molar-refractivity contribution in [2.75, 3.05) is 7.11 Å². The highest BCUT2D eigenvalue weighted by atomic mass is 32.3. The van der Waals surface area contributed by atoms with Crippen LogP contribution in [-0.4, -0.2) is 48.7 Å². The Kier molecular flexibility index (Phi) is 5.67. The number of hydrogen-bond donors (Lipinski definition) is 0. The number of sulfone groups is 2. The molecule has 0 saturated carbocycles. The molecule has 0 heterocycles. The van der Waals surface area contributed by atoms with Crippen molar-refractivity contribution < 1.29 is 47.9 Å². The third kappa shape index (κ3) is 4.03. The third-order valence-electron chi connectivity index (χ3n) is 2.58. The maximum Gasteiger partial charge on any atom is 0.498 e. The van der Waals surface area contributed by atoms with Crippen LogP contribution in [0, 0.1) is 0 Å². The van der Waals surface area contributed by atoms with Crippen molar-refractivity contribution in [3.8, 4) is 5.75 Å². The molecule has 0 saturated heterocycles. The first-order valence-corrected chi connectivity index (χ1v) is 9.82. The largest absolute Gasteiger partial charge is 0.498 e. The van der Waals surface area contributed by atoms with E-state index in [0.29, 0.717) is 0 Å². The zero-order chi connectivity index (χ0) is 19.0. The van der Waals surface area contributed by atoms with Gasteiger partial charge < -0.3 is 4.74 Å². The first-order valence-electron chi connectivity index (χ1n) is 5.65. The van der Waals surface area contributed by atoms with Gasteiger partial charge in [0, 0.05) is 0 Å². The summed E-state index contributed by atoms with van der Waals surface area (Å²) in [6.45, 7) is 0. The van der Waals surface area contributed by atoms with E-state index in [-0.39, 0.29) is 10.9 Å². The van der Waals surface area contributed by atoms with E-state index in [1.807, 2.05) is 0 Å². The van der Waals surface area contributed by atoms with Crippen molar-refractivity contribution in [2.24, 2.45) is 0 Å². The van der Waals surface area contributed by atoms with E-state index in [1.54, 1.807) is 0 Å². The van der Waals surface area contributed by atoms with Gasteiger partial charge >= 0.3 is 11.0 Å². The second-order valence-electron chi connectivity index (χ2n) is 4.19. The molecule has 0 unspecified atom stereocenters. The molecular weight excluding hydrogens is 406 g/mol. The summed E-state index contributed by atoms with van der Waals surface area (Å²) in [5.74, 6) is 0.192. The number of ether oxygens (including phenoxy) is 1. The molecule has 0 aliphatic carbocycles. The summed E-state index contributed by atoms with van der Waals surface area (Å²) < 4.78 is 122. The van der Waals surface area contributed by atoms with Gasteiger partial charge in [0.1, 0.15) is 15.3 Å². The van der Waals surface area contributed by atoms with Crippen LogP contribution >= 0.6 is 0 Å². The summed E-state index contributed by atoms with van der Waals surface area (Å²) in [4.78, 5) is 0. The van der Waals surface area contributed by atoms with E-state index in [1.165, 1.54) is 7.11 Å². The highest BCUT2D eigenvalue weighted by molar-refractivity contribution is 8.11. The molecule has 2 radical (unpaired) electrons. The monoisotopic (exact) mass is 414 g/mol. The van der Waals surface area contributed by atoms with Gasteiger partial charge in [0.05, 0.1) is 7.11 Å². The minimum Gasteiger partial charge on any atom is -0.497 e. The summed E-state index contributed by atoms with van der Waals surface area (Å²) in [7, 11) is -13.8. The van der Waals surface area contributed by atoms with Crippen molar-refractivity contribution >= 4 is 34.4 Å². The standard InChI is InChI=1S/C10H8F6O5S2Si/c1-21-6-2-4-7(5-3-6)24-8(22(17,18)9(11,12)13)23(19,20)10(14,15)16/h2-5,8H,1H3. The molecule has 0 fully saturated rings. The quantitative estimate of drug-likeness (QED) is 0.534. The summed E-state index contributed by atoms with van der Waals surface area (Å²) in [5.41, 5.74) is -12.3. The van der Waals surface area contributed by atoms with Crippen LogP contribution in [0.25, 0.3) is 0 Å². The van der Waals surface area contributed by atoms with Crippen molar-refractivity contribution in [3.63, 3.8) is 0 Å². The molecule has 0 aromatic heterocycles. The van der Waals surface area contributed by atoms with Crippen molar-refractivity contribution in [1.82, 2.24) is 0 Å². The SMILES string of the molecule is COc1ccc([Si]C(S(=O)(=O)C(F)(F)F)S(=O)(=O)C(F)(F)F)cc1. The molecule has 0 bridgehead atoms. The fraction of sp³-hybridized carbons (Fsp3) is 0.400. The summed E-state index contributed by atoms with van der Waals surface area (Å²) >= 11 is 0. The predicted octanol–water partition coefficient (Wildman–Crippen LogP) is 1.18. The van der Waals surface area contributed by atoms with E-state index in [4.69, 9.17) is 4.74 Å². The molecule has 0 aliphatic heterocycles. The Labute approximate surface area is 135 Å². The molecule has 0 amide bonds. The normalized spacial score (nSPS) is 14.0. The van der Waals surface area contributed by atoms with Gasteiger partial charge in [-0.05, 0) is 12.1 Å². The Morgan fingerprint density at radius 3 is 1.54 bits per heavy atom. The first-order chi connectivity index (χ1) is 10.6. The van der Waals surface area contributed by atoms with E-state index in [0.717, 1.165) is 24.3 Å². The Bertz CT molecular complexity index is 739.